The van der Waals surface area contributed by atoms with Gasteiger partial charge in [0.2, 0.25) is 5.91 Å². The summed E-state index contributed by atoms with van der Waals surface area (Å²) in [5.74, 6) is -0.116. The summed E-state index contributed by atoms with van der Waals surface area (Å²) in [5, 5.41) is 2.81. The number of carbonyl (C=O) groups is 3. The van der Waals surface area contributed by atoms with Crippen LogP contribution in [0.4, 0.5) is 5.69 Å². The first-order chi connectivity index (χ1) is 15.1. The van der Waals surface area contributed by atoms with Gasteiger partial charge in [-0.3, -0.25) is 25.2 Å². The molecular formula is C23H25N3O5. The summed E-state index contributed by atoms with van der Waals surface area (Å²) in [6.45, 7) is 1.27. The number of ether oxygens (including phenoxy) is 2. The van der Waals surface area contributed by atoms with Crippen LogP contribution in [-0.2, 0) is 9.53 Å². The molecule has 0 radical (unpaired) electrons. The maximum Gasteiger partial charge on any atom is 0.269 e. The molecule has 0 bridgehead atoms. The van der Waals surface area contributed by atoms with Gasteiger partial charge in [0.25, 0.3) is 11.8 Å². The normalized spacial score (nSPS) is 17.6. The lowest BCUT2D eigenvalue weighted by Crippen LogP contribution is -2.41. The second-order valence-corrected chi connectivity index (χ2v) is 7.72. The molecule has 4 rings (SSSR count). The molecule has 1 aliphatic heterocycles. The molecule has 0 spiro atoms. The fourth-order valence-electron chi connectivity index (χ4n) is 3.22. The molecule has 1 aliphatic carbocycles. The van der Waals surface area contributed by atoms with Crippen LogP contribution in [0.5, 0.6) is 5.75 Å². The fraction of sp³-hybridized carbons (Fsp3) is 0.348. The van der Waals surface area contributed by atoms with Gasteiger partial charge in [0, 0.05) is 29.3 Å². The van der Waals surface area contributed by atoms with Crippen molar-refractivity contribution in [1.82, 2.24) is 10.9 Å². The van der Waals surface area contributed by atoms with Gasteiger partial charge in [-0.1, -0.05) is 0 Å². The van der Waals surface area contributed by atoms with Crippen molar-refractivity contribution in [3.05, 3.63) is 59.7 Å². The monoisotopic (exact) mass is 423 g/mol. The number of hydrogen-bond donors (Lipinski definition) is 3. The van der Waals surface area contributed by atoms with Crippen molar-refractivity contribution in [2.75, 3.05) is 18.5 Å². The molecule has 2 aromatic rings. The lowest BCUT2D eigenvalue weighted by atomic mass is 10.2. The largest absolute Gasteiger partial charge is 0.491 e. The third-order valence-corrected chi connectivity index (χ3v) is 5.23. The third-order valence-electron chi connectivity index (χ3n) is 5.23. The average Bonchev–Trinajstić information content (AvgIpc) is 3.52. The Morgan fingerprint density at radius 1 is 0.871 bits per heavy atom. The Kier molecular flexibility index (Phi) is 6.47. The highest BCUT2D eigenvalue weighted by molar-refractivity contribution is 5.99. The Hall–Kier alpha value is -3.39. The minimum Gasteiger partial charge on any atom is -0.491 e. The first-order valence-electron chi connectivity index (χ1n) is 10.4. The molecule has 0 aromatic heterocycles. The van der Waals surface area contributed by atoms with E-state index in [0.717, 1.165) is 32.3 Å². The summed E-state index contributed by atoms with van der Waals surface area (Å²) >= 11 is 0. The number of carbonyl (C=O) groups excluding carboxylic acids is 3. The van der Waals surface area contributed by atoms with E-state index in [1.165, 1.54) is 0 Å². The first-order valence-corrected chi connectivity index (χ1v) is 10.4. The van der Waals surface area contributed by atoms with E-state index in [9.17, 15) is 14.4 Å². The fourth-order valence-corrected chi connectivity index (χ4v) is 3.22. The quantitative estimate of drug-likeness (QED) is 0.594. The van der Waals surface area contributed by atoms with Gasteiger partial charge in [-0.15, -0.1) is 0 Å². The number of hydrogen-bond acceptors (Lipinski definition) is 5. The number of benzene rings is 2. The summed E-state index contributed by atoms with van der Waals surface area (Å²) < 4.78 is 11.2. The molecule has 8 heteroatoms. The maximum atomic E-state index is 12.3. The van der Waals surface area contributed by atoms with Gasteiger partial charge in [0.05, 0.1) is 6.10 Å². The Balaban J connectivity index is 1.22. The van der Waals surface area contributed by atoms with Gasteiger partial charge < -0.3 is 14.8 Å². The molecule has 1 atom stereocenters. The molecule has 1 heterocycles. The van der Waals surface area contributed by atoms with E-state index in [1.54, 1.807) is 48.5 Å². The molecule has 2 fully saturated rings. The SMILES string of the molecule is O=C(NNC(=O)c1ccc(OCC2CCCO2)cc1)c1ccc(NC(=O)C2CC2)cc1. The highest BCUT2D eigenvalue weighted by Gasteiger charge is 2.29. The number of nitrogens with one attached hydrogen (secondary N) is 3. The number of anilines is 1. The number of amides is 3. The summed E-state index contributed by atoms with van der Waals surface area (Å²) in [6, 6.07) is 13.2. The Labute approximate surface area is 180 Å². The molecule has 1 unspecified atom stereocenters. The van der Waals surface area contributed by atoms with Gasteiger partial charge in [0.15, 0.2) is 0 Å². The molecule has 2 aromatic carbocycles. The Bertz CT molecular complexity index is 933. The van der Waals surface area contributed by atoms with Crippen LogP contribution in [0.2, 0.25) is 0 Å². The van der Waals surface area contributed by atoms with Crippen LogP contribution < -0.4 is 20.9 Å². The molecular weight excluding hydrogens is 398 g/mol. The van der Waals surface area contributed by atoms with E-state index in [4.69, 9.17) is 9.47 Å². The average molecular weight is 423 g/mol. The van der Waals surface area contributed by atoms with Crippen molar-refractivity contribution in [2.24, 2.45) is 5.92 Å². The first kappa shape index (κ1) is 20.9. The smallest absolute Gasteiger partial charge is 0.269 e. The number of hydrazine groups is 1. The van der Waals surface area contributed by atoms with E-state index in [-0.39, 0.29) is 17.9 Å². The van der Waals surface area contributed by atoms with Gasteiger partial charge in [-0.2, -0.15) is 0 Å². The van der Waals surface area contributed by atoms with Crippen LogP contribution in [0, 0.1) is 5.92 Å². The number of rotatable bonds is 7. The molecule has 3 N–H and O–H groups in total. The zero-order valence-corrected chi connectivity index (χ0v) is 17.1. The molecule has 31 heavy (non-hydrogen) atoms. The molecule has 3 amide bonds. The third kappa shape index (κ3) is 5.82. The van der Waals surface area contributed by atoms with Crippen LogP contribution in [0.25, 0.3) is 0 Å². The van der Waals surface area contributed by atoms with Gasteiger partial charge >= 0.3 is 0 Å². The Morgan fingerprint density at radius 3 is 2.03 bits per heavy atom. The molecule has 2 aliphatic rings. The predicted octanol–water partition coefficient (Wildman–Crippen LogP) is 2.67. The zero-order chi connectivity index (χ0) is 21.6. The standard InChI is InChI=1S/C23H25N3O5/c27-21(15-3-4-15)24-18-9-5-16(6-10-18)22(28)25-26-23(29)17-7-11-19(12-8-17)31-14-20-2-1-13-30-20/h5-12,15,20H,1-4,13-14H2,(H,24,27)(H,25,28)(H,26,29). The lowest BCUT2D eigenvalue weighted by molar-refractivity contribution is -0.117. The molecule has 1 saturated carbocycles. The topological polar surface area (TPSA) is 106 Å². The second kappa shape index (κ2) is 9.61. The van der Waals surface area contributed by atoms with Crippen molar-refractivity contribution in [2.45, 2.75) is 31.8 Å². The summed E-state index contributed by atoms with van der Waals surface area (Å²) in [5.41, 5.74) is 6.18. The predicted molar refractivity (Wildman–Crippen MR) is 114 cm³/mol. The summed E-state index contributed by atoms with van der Waals surface area (Å²) in [6.07, 6.45) is 4.04. The Morgan fingerprint density at radius 2 is 1.48 bits per heavy atom. The van der Waals surface area contributed by atoms with Crippen molar-refractivity contribution in [1.29, 1.82) is 0 Å². The van der Waals surface area contributed by atoms with Gasteiger partial charge in [-0.25, -0.2) is 0 Å². The molecule has 162 valence electrons. The minimum absolute atomic E-state index is 0.00718. The van der Waals surface area contributed by atoms with E-state index in [1.807, 2.05) is 0 Å². The van der Waals surface area contributed by atoms with Crippen molar-refractivity contribution in [3.8, 4) is 5.75 Å². The van der Waals surface area contributed by atoms with Gasteiger partial charge in [-0.05, 0) is 74.2 Å². The molecule has 1 saturated heterocycles. The summed E-state index contributed by atoms with van der Waals surface area (Å²) in [7, 11) is 0. The summed E-state index contributed by atoms with van der Waals surface area (Å²) in [4.78, 5) is 36.3. The van der Waals surface area contributed by atoms with Crippen LogP contribution >= 0.6 is 0 Å². The van der Waals surface area contributed by atoms with E-state index in [0.29, 0.717) is 29.2 Å². The van der Waals surface area contributed by atoms with E-state index >= 15 is 0 Å². The highest BCUT2D eigenvalue weighted by Crippen LogP contribution is 2.30. The maximum absolute atomic E-state index is 12.3. The lowest BCUT2D eigenvalue weighted by Gasteiger charge is -2.12. The highest BCUT2D eigenvalue weighted by atomic mass is 16.5. The second-order valence-electron chi connectivity index (χ2n) is 7.72. The van der Waals surface area contributed by atoms with Crippen LogP contribution in [0.1, 0.15) is 46.4 Å². The molecule has 8 nitrogen and oxygen atoms in total. The van der Waals surface area contributed by atoms with E-state index in [2.05, 4.69) is 16.2 Å². The van der Waals surface area contributed by atoms with E-state index < -0.39 is 11.8 Å². The van der Waals surface area contributed by atoms with Crippen molar-refractivity contribution >= 4 is 23.4 Å². The van der Waals surface area contributed by atoms with Crippen molar-refractivity contribution in [3.63, 3.8) is 0 Å². The minimum atomic E-state index is -0.454. The van der Waals surface area contributed by atoms with Gasteiger partial charge in [0.1, 0.15) is 12.4 Å². The van der Waals surface area contributed by atoms with Crippen molar-refractivity contribution < 1.29 is 23.9 Å². The van der Waals surface area contributed by atoms with Crippen LogP contribution in [-0.4, -0.2) is 37.0 Å². The zero-order valence-electron chi connectivity index (χ0n) is 17.1. The van der Waals surface area contributed by atoms with Crippen LogP contribution in [0.15, 0.2) is 48.5 Å². The van der Waals surface area contributed by atoms with Crippen LogP contribution in [0.3, 0.4) is 0 Å².